The molecule has 1 saturated carbocycles. The van der Waals surface area contributed by atoms with Gasteiger partial charge in [0, 0.05) is 42.6 Å². The molecule has 0 aliphatic heterocycles. The lowest BCUT2D eigenvalue weighted by Gasteiger charge is -2.39. The predicted octanol–water partition coefficient (Wildman–Crippen LogP) is 13.6. The van der Waals surface area contributed by atoms with Crippen LogP contribution in [0.25, 0.3) is 42.1 Å². The molecule has 0 bridgehead atoms. The van der Waals surface area contributed by atoms with E-state index >= 15 is 0 Å². The minimum atomic E-state index is 0.0816. The molecule has 0 amide bonds. The maximum atomic E-state index is 2.44. The van der Waals surface area contributed by atoms with Crippen LogP contribution < -0.4 is 4.90 Å². The van der Waals surface area contributed by atoms with Crippen molar-refractivity contribution in [2.24, 2.45) is 0 Å². The zero-order valence-electron chi connectivity index (χ0n) is 27.0. The van der Waals surface area contributed by atoms with Crippen LogP contribution in [-0.4, -0.2) is 0 Å². The van der Waals surface area contributed by atoms with Crippen LogP contribution >= 0.6 is 11.3 Å². The van der Waals surface area contributed by atoms with Crippen molar-refractivity contribution in [3.63, 3.8) is 0 Å². The number of rotatable bonds is 6. The second kappa shape index (κ2) is 12.1. The second-order valence-corrected chi connectivity index (χ2v) is 14.3. The maximum Gasteiger partial charge on any atom is 0.0476 e. The predicted molar refractivity (Wildman–Crippen MR) is 207 cm³/mol. The van der Waals surface area contributed by atoms with Crippen molar-refractivity contribution >= 4 is 59.3 Å². The molecule has 232 valence electrons. The van der Waals surface area contributed by atoms with Crippen LogP contribution in [0.4, 0.5) is 17.1 Å². The molecular weight excluding hydrogens is 599 g/mol. The highest BCUT2D eigenvalue weighted by Gasteiger charge is 2.35. The molecule has 8 aromatic rings. The third-order valence-electron chi connectivity index (χ3n) is 10.5. The summed E-state index contributed by atoms with van der Waals surface area (Å²) >= 11 is 1.89. The van der Waals surface area contributed by atoms with Gasteiger partial charge in [0.1, 0.15) is 0 Å². The molecule has 1 aliphatic carbocycles. The quantitative estimate of drug-likeness (QED) is 0.176. The standard InChI is InChI=1S/C46H37NS/c1-4-14-34(15-5-1)41-19-12-20-43-45(41)42-28-27-40(32-44(42)48-43)47(39-24-21-33-13-8-9-16-35(33)31-39)38-25-22-37(23-26-38)46(29-10-3-11-30-46)36-17-6-2-7-18-36/h1-2,4-9,12-28,31-32H,3,10-11,29-30H2. The number of hydrogen-bond donors (Lipinski definition) is 0. The van der Waals surface area contributed by atoms with Crippen molar-refractivity contribution in [2.45, 2.75) is 37.5 Å². The van der Waals surface area contributed by atoms with E-state index in [0.717, 1.165) is 0 Å². The van der Waals surface area contributed by atoms with Crippen molar-refractivity contribution in [3.8, 4) is 11.1 Å². The third-order valence-corrected chi connectivity index (χ3v) is 11.6. The van der Waals surface area contributed by atoms with Gasteiger partial charge in [-0.1, -0.05) is 141 Å². The van der Waals surface area contributed by atoms with Crippen molar-refractivity contribution in [2.75, 3.05) is 4.90 Å². The minimum absolute atomic E-state index is 0.0816. The number of anilines is 3. The number of benzene rings is 7. The molecule has 0 spiro atoms. The normalized spacial score (nSPS) is 14.4. The Morgan fingerprint density at radius 2 is 1.10 bits per heavy atom. The average molecular weight is 636 g/mol. The average Bonchev–Trinajstić information content (AvgIpc) is 3.54. The molecule has 0 saturated heterocycles. The Morgan fingerprint density at radius 3 is 1.90 bits per heavy atom. The van der Waals surface area contributed by atoms with Gasteiger partial charge in [0.05, 0.1) is 0 Å². The van der Waals surface area contributed by atoms with Crippen LogP contribution in [0.5, 0.6) is 0 Å². The second-order valence-electron chi connectivity index (χ2n) is 13.2. The fourth-order valence-corrected chi connectivity index (χ4v) is 9.33. The van der Waals surface area contributed by atoms with E-state index in [9.17, 15) is 0 Å². The van der Waals surface area contributed by atoms with E-state index in [0.29, 0.717) is 0 Å². The van der Waals surface area contributed by atoms with Gasteiger partial charge in [-0.3, -0.25) is 0 Å². The Balaban J connectivity index is 1.19. The molecule has 0 atom stereocenters. The summed E-state index contributed by atoms with van der Waals surface area (Å²) in [4.78, 5) is 2.44. The number of hydrogen-bond acceptors (Lipinski definition) is 2. The highest BCUT2D eigenvalue weighted by molar-refractivity contribution is 7.26. The first kappa shape index (κ1) is 29.0. The molecule has 1 aromatic heterocycles. The summed E-state index contributed by atoms with van der Waals surface area (Å²) in [5, 5.41) is 5.16. The van der Waals surface area contributed by atoms with Gasteiger partial charge in [0.25, 0.3) is 0 Å². The molecule has 1 fully saturated rings. The fourth-order valence-electron chi connectivity index (χ4n) is 8.16. The monoisotopic (exact) mass is 635 g/mol. The lowest BCUT2D eigenvalue weighted by Crippen LogP contribution is -2.30. The molecule has 1 nitrogen and oxygen atoms in total. The van der Waals surface area contributed by atoms with Crippen LogP contribution in [0, 0.1) is 0 Å². The first-order chi connectivity index (χ1) is 23.8. The van der Waals surface area contributed by atoms with E-state index in [1.807, 2.05) is 11.3 Å². The topological polar surface area (TPSA) is 3.24 Å². The van der Waals surface area contributed by atoms with E-state index in [4.69, 9.17) is 0 Å². The summed E-state index contributed by atoms with van der Waals surface area (Å²) in [6.45, 7) is 0. The Hall–Kier alpha value is -5.18. The smallest absolute Gasteiger partial charge is 0.0476 e. The van der Waals surface area contributed by atoms with E-state index in [-0.39, 0.29) is 5.41 Å². The molecule has 0 radical (unpaired) electrons. The number of fused-ring (bicyclic) bond motifs is 4. The van der Waals surface area contributed by atoms with E-state index in [1.165, 1.54) is 102 Å². The minimum Gasteiger partial charge on any atom is -0.310 e. The van der Waals surface area contributed by atoms with Gasteiger partial charge in [0.15, 0.2) is 0 Å². The molecule has 7 aromatic carbocycles. The fraction of sp³-hybridized carbons (Fsp3) is 0.130. The van der Waals surface area contributed by atoms with Gasteiger partial charge in [-0.2, -0.15) is 0 Å². The molecule has 48 heavy (non-hydrogen) atoms. The van der Waals surface area contributed by atoms with Gasteiger partial charge in [-0.25, -0.2) is 0 Å². The molecular formula is C46H37NS. The molecule has 1 heterocycles. The SMILES string of the molecule is c1ccc(-c2cccc3sc4cc(N(c5ccc(C6(c7ccccc7)CCCCC6)cc5)c5ccc6ccccc6c5)ccc4c23)cc1. The maximum absolute atomic E-state index is 2.44. The van der Waals surface area contributed by atoms with E-state index < -0.39 is 0 Å². The summed E-state index contributed by atoms with van der Waals surface area (Å²) < 4.78 is 2.63. The Kier molecular flexibility index (Phi) is 7.32. The van der Waals surface area contributed by atoms with Gasteiger partial charge in [-0.15, -0.1) is 11.3 Å². The largest absolute Gasteiger partial charge is 0.310 e. The van der Waals surface area contributed by atoms with E-state index in [2.05, 4.69) is 169 Å². The number of nitrogens with zero attached hydrogens (tertiary/aromatic N) is 1. The van der Waals surface area contributed by atoms with Gasteiger partial charge >= 0.3 is 0 Å². The summed E-state index contributed by atoms with van der Waals surface area (Å²) in [5.41, 5.74) is 9.05. The van der Waals surface area contributed by atoms with Crippen LogP contribution in [0.2, 0.25) is 0 Å². The van der Waals surface area contributed by atoms with Gasteiger partial charge < -0.3 is 4.90 Å². The molecule has 2 heteroatoms. The molecule has 1 aliphatic rings. The van der Waals surface area contributed by atoms with Crippen molar-refractivity contribution in [1.29, 1.82) is 0 Å². The molecule has 9 rings (SSSR count). The number of thiophene rings is 1. The summed E-state index contributed by atoms with van der Waals surface area (Å²) in [6.07, 6.45) is 6.30. The first-order valence-corrected chi connectivity index (χ1v) is 18.0. The van der Waals surface area contributed by atoms with Crippen LogP contribution in [0.1, 0.15) is 43.2 Å². The van der Waals surface area contributed by atoms with Crippen molar-refractivity contribution in [3.05, 3.63) is 175 Å². The highest BCUT2D eigenvalue weighted by atomic mass is 32.1. The Bertz CT molecular complexity index is 2360. The van der Waals surface area contributed by atoms with Crippen LogP contribution in [-0.2, 0) is 5.41 Å². The van der Waals surface area contributed by atoms with Gasteiger partial charge in [0.2, 0.25) is 0 Å². The summed E-state index contributed by atoms with van der Waals surface area (Å²) in [7, 11) is 0. The van der Waals surface area contributed by atoms with Crippen LogP contribution in [0.3, 0.4) is 0 Å². The highest BCUT2D eigenvalue weighted by Crippen LogP contribution is 2.47. The van der Waals surface area contributed by atoms with Crippen LogP contribution in [0.15, 0.2) is 164 Å². The Labute approximate surface area is 286 Å². The zero-order valence-corrected chi connectivity index (χ0v) is 27.8. The first-order valence-electron chi connectivity index (χ1n) is 17.2. The van der Waals surface area contributed by atoms with Crippen molar-refractivity contribution in [1.82, 2.24) is 0 Å². The zero-order chi connectivity index (χ0) is 31.9. The van der Waals surface area contributed by atoms with Crippen molar-refractivity contribution < 1.29 is 0 Å². The molecule has 0 N–H and O–H groups in total. The van der Waals surface area contributed by atoms with E-state index in [1.54, 1.807) is 0 Å². The summed E-state index contributed by atoms with van der Waals surface area (Å²) in [6, 6.07) is 60.8. The molecule has 0 unspecified atom stereocenters. The Morgan fingerprint density at radius 1 is 0.458 bits per heavy atom. The third kappa shape index (κ3) is 5.00. The van der Waals surface area contributed by atoms with Gasteiger partial charge in [-0.05, 0) is 88.3 Å². The lowest BCUT2D eigenvalue weighted by atomic mass is 9.65. The summed E-state index contributed by atoms with van der Waals surface area (Å²) in [5.74, 6) is 0. The lowest BCUT2D eigenvalue weighted by molar-refractivity contribution is 0.346.